The van der Waals surface area contributed by atoms with Gasteiger partial charge < -0.3 is 9.32 Å². The summed E-state index contributed by atoms with van der Waals surface area (Å²) in [6.45, 7) is 7.09. The van der Waals surface area contributed by atoms with Gasteiger partial charge in [0.2, 0.25) is 0 Å². The van der Waals surface area contributed by atoms with Crippen LogP contribution >= 0.6 is 15.9 Å². The Kier molecular flexibility index (Phi) is 4.39. The van der Waals surface area contributed by atoms with Crippen molar-refractivity contribution in [2.24, 2.45) is 0 Å². The lowest BCUT2D eigenvalue weighted by Crippen LogP contribution is -2.32. The van der Waals surface area contributed by atoms with Crippen LogP contribution in [0.1, 0.15) is 28.8 Å². The van der Waals surface area contributed by atoms with Gasteiger partial charge in [-0.1, -0.05) is 15.9 Å². The Morgan fingerprint density at radius 1 is 1.53 bits per heavy atom. The van der Waals surface area contributed by atoms with Gasteiger partial charge in [-0.15, -0.1) is 0 Å². The van der Waals surface area contributed by atoms with Crippen LogP contribution in [0.25, 0.3) is 0 Å². The van der Waals surface area contributed by atoms with Gasteiger partial charge in [0.15, 0.2) is 0 Å². The average molecular weight is 274 g/mol. The second kappa shape index (κ2) is 5.35. The molecule has 0 aliphatic heterocycles. The Morgan fingerprint density at radius 3 is 2.60 bits per heavy atom. The minimum absolute atomic E-state index is 0.0475. The van der Waals surface area contributed by atoms with Crippen molar-refractivity contribution in [3.05, 3.63) is 23.2 Å². The average Bonchev–Trinajstić information content (AvgIpc) is 2.53. The molecule has 0 aliphatic rings. The molecular weight excluding hydrogens is 258 g/mol. The first-order valence-corrected chi connectivity index (χ1v) is 6.14. The molecule has 1 heterocycles. The first-order valence-electron chi connectivity index (χ1n) is 5.02. The summed E-state index contributed by atoms with van der Waals surface area (Å²) in [5, 5.41) is 0.794. The standard InChI is InChI=1S/C11H16BrNO2/c1-4-13(6-5-12)11(14)10-7-8(2)15-9(10)3/h7H,4-6H2,1-3H3. The van der Waals surface area contributed by atoms with Crippen molar-refractivity contribution in [3.8, 4) is 0 Å². The number of furan rings is 1. The molecule has 3 nitrogen and oxygen atoms in total. The zero-order valence-electron chi connectivity index (χ0n) is 9.34. The normalized spacial score (nSPS) is 10.4. The molecule has 4 heteroatoms. The fourth-order valence-corrected chi connectivity index (χ4v) is 1.95. The van der Waals surface area contributed by atoms with Crippen molar-refractivity contribution in [1.82, 2.24) is 4.90 Å². The van der Waals surface area contributed by atoms with Gasteiger partial charge in [0, 0.05) is 18.4 Å². The Balaban J connectivity index is 2.87. The molecular formula is C11H16BrNO2. The predicted molar refractivity (Wildman–Crippen MR) is 63.6 cm³/mol. The second-order valence-corrected chi connectivity index (χ2v) is 4.19. The molecule has 1 amide bonds. The van der Waals surface area contributed by atoms with Crippen molar-refractivity contribution in [3.63, 3.8) is 0 Å². The molecule has 0 saturated heterocycles. The predicted octanol–water partition coefficient (Wildman–Crippen LogP) is 2.75. The molecule has 0 aromatic carbocycles. The number of nitrogens with zero attached hydrogens (tertiary/aromatic N) is 1. The molecule has 1 aromatic heterocycles. The van der Waals surface area contributed by atoms with Crippen LogP contribution in [0.5, 0.6) is 0 Å². The van der Waals surface area contributed by atoms with E-state index in [9.17, 15) is 4.79 Å². The van der Waals surface area contributed by atoms with Gasteiger partial charge in [0.1, 0.15) is 11.5 Å². The van der Waals surface area contributed by atoms with E-state index in [1.165, 1.54) is 0 Å². The van der Waals surface area contributed by atoms with Crippen molar-refractivity contribution in [2.75, 3.05) is 18.4 Å². The van der Waals surface area contributed by atoms with Crippen LogP contribution in [0.2, 0.25) is 0 Å². The molecule has 0 N–H and O–H groups in total. The minimum atomic E-state index is 0.0475. The van der Waals surface area contributed by atoms with E-state index >= 15 is 0 Å². The second-order valence-electron chi connectivity index (χ2n) is 3.40. The van der Waals surface area contributed by atoms with Gasteiger partial charge in [-0.05, 0) is 26.8 Å². The zero-order chi connectivity index (χ0) is 11.4. The van der Waals surface area contributed by atoms with Crippen LogP contribution in [0.15, 0.2) is 10.5 Å². The monoisotopic (exact) mass is 273 g/mol. The molecule has 1 rings (SSSR count). The number of hydrogen-bond donors (Lipinski definition) is 0. The molecule has 0 bridgehead atoms. The molecule has 0 saturated carbocycles. The smallest absolute Gasteiger partial charge is 0.257 e. The number of carbonyl (C=O) groups excluding carboxylic acids is 1. The summed E-state index contributed by atoms with van der Waals surface area (Å²) >= 11 is 3.34. The lowest BCUT2D eigenvalue weighted by atomic mass is 10.2. The Morgan fingerprint density at radius 2 is 2.20 bits per heavy atom. The summed E-state index contributed by atoms with van der Waals surface area (Å²) in [5.41, 5.74) is 0.676. The molecule has 84 valence electrons. The highest BCUT2D eigenvalue weighted by Crippen LogP contribution is 2.15. The van der Waals surface area contributed by atoms with Gasteiger partial charge >= 0.3 is 0 Å². The van der Waals surface area contributed by atoms with Crippen LogP contribution in [0, 0.1) is 13.8 Å². The number of rotatable bonds is 4. The van der Waals surface area contributed by atoms with Crippen LogP contribution in [0.3, 0.4) is 0 Å². The summed E-state index contributed by atoms with van der Waals surface area (Å²) in [6.07, 6.45) is 0. The summed E-state index contributed by atoms with van der Waals surface area (Å²) in [5.74, 6) is 1.53. The molecule has 1 aromatic rings. The van der Waals surface area contributed by atoms with Crippen molar-refractivity contribution in [1.29, 1.82) is 0 Å². The highest BCUT2D eigenvalue weighted by Gasteiger charge is 2.18. The van der Waals surface area contributed by atoms with E-state index < -0.39 is 0 Å². The number of halogens is 1. The van der Waals surface area contributed by atoms with Crippen LogP contribution in [0.4, 0.5) is 0 Å². The van der Waals surface area contributed by atoms with Crippen molar-refractivity contribution >= 4 is 21.8 Å². The third-order valence-corrected chi connectivity index (χ3v) is 2.65. The first-order chi connectivity index (χ1) is 7.10. The van der Waals surface area contributed by atoms with Gasteiger partial charge in [-0.2, -0.15) is 0 Å². The Bertz CT molecular complexity index is 346. The highest BCUT2D eigenvalue weighted by molar-refractivity contribution is 9.09. The summed E-state index contributed by atoms with van der Waals surface area (Å²) in [4.78, 5) is 13.8. The Hall–Kier alpha value is -0.770. The molecule has 0 aliphatic carbocycles. The van der Waals surface area contributed by atoms with E-state index in [4.69, 9.17) is 4.42 Å². The van der Waals surface area contributed by atoms with E-state index in [1.807, 2.05) is 20.8 Å². The topological polar surface area (TPSA) is 33.5 Å². The molecule has 0 spiro atoms. The van der Waals surface area contributed by atoms with Crippen LogP contribution in [-0.4, -0.2) is 29.2 Å². The number of carbonyl (C=O) groups is 1. The maximum Gasteiger partial charge on any atom is 0.257 e. The number of alkyl halides is 1. The molecule has 0 radical (unpaired) electrons. The van der Waals surface area contributed by atoms with E-state index in [0.29, 0.717) is 17.9 Å². The fraction of sp³-hybridized carbons (Fsp3) is 0.545. The molecule has 0 fully saturated rings. The van der Waals surface area contributed by atoms with E-state index in [1.54, 1.807) is 11.0 Å². The third-order valence-electron chi connectivity index (χ3n) is 2.29. The SMILES string of the molecule is CCN(CCBr)C(=O)c1cc(C)oc1C. The first kappa shape index (κ1) is 12.3. The third kappa shape index (κ3) is 2.84. The minimum Gasteiger partial charge on any atom is -0.466 e. The van der Waals surface area contributed by atoms with Crippen LogP contribution in [-0.2, 0) is 0 Å². The lowest BCUT2D eigenvalue weighted by molar-refractivity contribution is 0.0773. The van der Waals surface area contributed by atoms with Gasteiger partial charge in [0.25, 0.3) is 5.91 Å². The maximum atomic E-state index is 12.0. The van der Waals surface area contributed by atoms with E-state index in [0.717, 1.165) is 17.6 Å². The summed E-state index contributed by atoms with van der Waals surface area (Å²) < 4.78 is 5.35. The maximum absolute atomic E-state index is 12.0. The van der Waals surface area contributed by atoms with E-state index in [2.05, 4.69) is 15.9 Å². The molecule has 0 atom stereocenters. The number of amides is 1. The largest absolute Gasteiger partial charge is 0.466 e. The summed E-state index contributed by atoms with van der Waals surface area (Å²) in [6, 6.07) is 1.80. The number of aryl methyl sites for hydroxylation is 2. The van der Waals surface area contributed by atoms with Gasteiger partial charge in [-0.25, -0.2) is 0 Å². The van der Waals surface area contributed by atoms with E-state index in [-0.39, 0.29) is 5.91 Å². The van der Waals surface area contributed by atoms with Crippen LogP contribution < -0.4 is 0 Å². The Labute approximate surface area is 98.6 Å². The molecule has 15 heavy (non-hydrogen) atoms. The van der Waals surface area contributed by atoms with Crippen molar-refractivity contribution < 1.29 is 9.21 Å². The summed E-state index contributed by atoms with van der Waals surface area (Å²) in [7, 11) is 0. The van der Waals surface area contributed by atoms with Crippen molar-refractivity contribution in [2.45, 2.75) is 20.8 Å². The zero-order valence-corrected chi connectivity index (χ0v) is 10.9. The van der Waals surface area contributed by atoms with Gasteiger partial charge in [0.05, 0.1) is 5.56 Å². The fourth-order valence-electron chi connectivity index (χ4n) is 1.52. The lowest BCUT2D eigenvalue weighted by Gasteiger charge is -2.18. The quantitative estimate of drug-likeness (QED) is 0.791. The molecule has 0 unspecified atom stereocenters. The highest BCUT2D eigenvalue weighted by atomic mass is 79.9. The van der Waals surface area contributed by atoms with Gasteiger partial charge in [-0.3, -0.25) is 4.79 Å². The number of hydrogen-bond acceptors (Lipinski definition) is 2.